The van der Waals surface area contributed by atoms with Gasteiger partial charge in [0.25, 0.3) is 0 Å². The second kappa shape index (κ2) is 7.92. The van der Waals surface area contributed by atoms with Crippen LogP contribution in [0.5, 0.6) is 0 Å². The Hall–Kier alpha value is 0.0969. The molecule has 0 aliphatic carbocycles. The Morgan fingerprint density at radius 1 is 0.850 bits per heavy atom. The molecule has 122 valence electrons. The summed E-state index contributed by atoms with van der Waals surface area (Å²) < 4.78 is 14.8. The zero-order valence-electron chi connectivity index (χ0n) is 15.4. The molecular weight excluding hydrogens is 266 g/mol. The lowest BCUT2D eigenvalue weighted by Crippen LogP contribution is -2.66. The first-order valence-corrected chi connectivity index (χ1v) is 9.66. The van der Waals surface area contributed by atoms with E-state index in [9.17, 15) is 0 Å². The van der Waals surface area contributed by atoms with Crippen molar-refractivity contribution in [2.24, 2.45) is 17.8 Å². The van der Waals surface area contributed by atoms with Gasteiger partial charge in [0.15, 0.2) is 0 Å². The van der Waals surface area contributed by atoms with Gasteiger partial charge in [-0.1, -0.05) is 55.4 Å². The molecule has 0 radical (unpaired) electrons. The van der Waals surface area contributed by atoms with Gasteiger partial charge in [0.05, 0.1) is 0 Å². The monoisotopic (exact) mass is 303 g/mol. The Morgan fingerprint density at radius 3 is 1.40 bits per heavy atom. The summed E-state index contributed by atoms with van der Waals surface area (Å²) >= 11 is 0. The largest absolute Gasteiger partial charge is 0.433 e. The Kier molecular flexibility index (Phi) is 7.96. The van der Waals surface area contributed by atoms with Gasteiger partial charge in [-0.3, -0.25) is 4.57 Å². The zero-order chi connectivity index (χ0) is 16.1. The van der Waals surface area contributed by atoms with Crippen molar-refractivity contribution in [1.82, 2.24) is 4.57 Å². The highest BCUT2D eigenvalue weighted by Gasteiger charge is 2.57. The van der Waals surface area contributed by atoms with E-state index in [4.69, 9.17) is 8.85 Å². The molecule has 0 rings (SSSR count). The fraction of sp³-hybridized carbons (Fsp3) is 1.00. The molecular formula is C16H37NO2Si. The summed E-state index contributed by atoms with van der Waals surface area (Å²) in [7, 11) is 1.20. The van der Waals surface area contributed by atoms with Gasteiger partial charge < -0.3 is 8.85 Å². The molecule has 0 aliphatic rings. The van der Waals surface area contributed by atoms with Crippen LogP contribution in [0.2, 0.25) is 5.04 Å². The minimum absolute atomic E-state index is 0.0281. The van der Waals surface area contributed by atoms with Crippen molar-refractivity contribution in [3.8, 4) is 0 Å². The number of nitrogens with zero attached hydrogens (tertiary/aromatic N) is 1. The molecule has 3 nitrogen and oxygen atoms in total. The van der Waals surface area contributed by atoms with Gasteiger partial charge in [0.2, 0.25) is 0 Å². The van der Waals surface area contributed by atoms with Gasteiger partial charge in [0, 0.05) is 19.3 Å². The highest BCUT2D eigenvalue weighted by atomic mass is 28.4. The normalized spacial score (nSPS) is 14.1. The van der Waals surface area contributed by atoms with Crippen molar-refractivity contribution >= 4 is 8.72 Å². The first kappa shape index (κ1) is 20.1. The van der Waals surface area contributed by atoms with Crippen LogP contribution in [0.1, 0.15) is 55.4 Å². The topological polar surface area (TPSA) is 21.7 Å². The standard InChI is InChI=1S/C16H37NO2Si/c1-13(2)11-17(12-14(3)4)20(18-9,19-10)16(7,8)15(5)6/h13-15H,11-12H2,1-10H3. The average molecular weight is 304 g/mol. The predicted octanol–water partition coefficient (Wildman–Crippen LogP) is 4.27. The van der Waals surface area contributed by atoms with E-state index in [1.807, 2.05) is 14.2 Å². The molecule has 0 aromatic carbocycles. The van der Waals surface area contributed by atoms with Gasteiger partial charge in [-0.25, -0.2) is 0 Å². The summed E-state index contributed by atoms with van der Waals surface area (Å²) in [4.78, 5) is 0. The molecule has 4 heteroatoms. The maximum absolute atomic E-state index is 6.12. The van der Waals surface area contributed by atoms with E-state index in [2.05, 4.69) is 60.0 Å². The number of hydrogen-bond acceptors (Lipinski definition) is 3. The van der Waals surface area contributed by atoms with E-state index in [1.165, 1.54) is 0 Å². The molecule has 0 spiro atoms. The quantitative estimate of drug-likeness (QED) is 0.594. The van der Waals surface area contributed by atoms with Crippen LogP contribution in [0.25, 0.3) is 0 Å². The van der Waals surface area contributed by atoms with E-state index in [0.717, 1.165) is 13.1 Å². The summed E-state index contributed by atoms with van der Waals surface area (Å²) in [6, 6.07) is 0. The number of rotatable bonds is 9. The second-order valence-corrected chi connectivity index (χ2v) is 11.5. The molecule has 0 bridgehead atoms. The van der Waals surface area contributed by atoms with E-state index >= 15 is 0 Å². The summed E-state index contributed by atoms with van der Waals surface area (Å²) in [5.41, 5.74) is 0. The third-order valence-corrected chi connectivity index (χ3v) is 8.91. The first-order chi connectivity index (χ1) is 9.05. The molecule has 0 aromatic rings. The van der Waals surface area contributed by atoms with Crippen molar-refractivity contribution in [2.75, 3.05) is 27.3 Å². The third kappa shape index (κ3) is 4.29. The maximum Gasteiger partial charge on any atom is 0.433 e. The third-order valence-electron chi connectivity index (χ3n) is 4.40. The molecule has 0 N–H and O–H groups in total. The Morgan fingerprint density at radius 2 is 1.20 bits per heavy atom. The molecule has 0 saturated heterocycles. The molecule has 0 aromatic heterocycles. The van der Waals surface area contributed by atoms with E-state index in [1.54, 1.807) is 0 Å². The smallest absolute Gasteiger partial charge is 0.386 e. The highest BCUT2D eigenvalue weighted by molar-refractivity contribution is 6.67. The molecule has 0 unspecified atom stereocenters. The van der Waals surface area contributed by atoms with Gasteiger partial charge in [-0.05, 0) is 30.8 Å². The van der Waals surface area contributed by atoms with Crippen LogP contribution in [0.3, 0.4) is 0 Å². The fourth-order valence-corrected chi connectivity index (χ4v) is 7.33. The lowest BCUT2D eigenvalue weighted by molar-refractivity contribution is 0.108. The van der Waals surface area contributed by atoms with Gasteiger partial charge in [-0.2, -0.15) is 0 Å². The lowest BCUT2D eigenvalue weighted by atomic mass is 9.99. The number of hydrogen-bond donors (Lipinski definition) is 0. The Bertz CT molecular complexity index is 264. The van der Waals surface area contributed by atoms with Crippen LogP contribution in [0.15, 0.2) is 0 Å². The summed E-state index contributed by atoms with van der Waals surface area (Å²) in [6.45, 7) is 20.2. The van der Waals surface area contributed by atoms with E-state index in [0.29, 0.717) is 17.8 Å². The van der Waals surface area contributed by atoms with Crippen LogP contribution >= 0.6 is 0 Å². The predicted molar refractivity (Wildman–Crippen MR) is 89.9 cm³/mol. The summed E-state index contributed by atoms with van der Waals surface area (Å²) in [5.74, 6) is 1.72. The molecule has 0 atom stereocenters. The first-order valence-electron chi connectivity index (χ1n) is 7.90. The fourth-order valence-electron chi connectivity index (χ4n) is 2.84. The molecule has 0 aliphatic heterocycles. The molecule has 0 saturated carbocycles. The Labute approximate surface area is 128 Å². The van der Waals surface area contributed by atoms with Crippen molar-refractivity contribution in [3.05, 3.63) is 0 Å². The summed E-state index contributed by atoms with van der Waals surface area (Å²) in [5, 5.41) is 0.0281. The van der Waals surface area contributed by atoms with Crippen molar-refractivity contribution < 1.29 is 8.85 Å². The molecule has 0 fully saturated rings. The van der Waals surface area contributed by atoms with Crippen LogP contribution in [0.4, 0.5) is 0 Å². The summed E-state index contributed by atoms with van der Waals surface area (Å²) in [6.07, 6.45) is 0. The Balaban J connectivity index is 5.66. The van der Waals surface area contributed by atoms with E-state index < -0.39 is 8.72 Å². The molecule has 20 heavy (non-hydrogen) atoms. The second-order valence-electron chi connectivity index (χ2n) is 7.56. The van der Waals surface area contributed by atoms with Crippen LogP contribution in [-0.4, -0.2) is 40.6 Å². The minimum atomic E-state index is -2.46. The van der Waals surface area contributed by atoms with Crippen molar-refractivity contribution in [1.29, 1.82) is 0 Å². The molecule has 0 amide bonds. The van der Waals surface area contributed by atoms with Crippen LogP contribution in [-0.2, 0) is 8.85 Å². The average Bonchev–Trinajstić information content (AvgIpc) is 2.28. The zero-order valence-corrected chi connectivity index (χ0v) is 16.4. The highest BCUT2D eigenvalue weighted by Crippen LogP contribution is 2.46. The SMILES string of the molecule is CO[Si](OC)(N(CC(C)C)CC(C)C)C(C)(C)C(C)C. The maximum atomic E-state index is 6.12. The minimum Gasteiger partial charge on any atom is -0.386 e. The van der Waals surface area contributed by atoms with Gasteiger partial charge >= 0.3 is 8.72 Å². The van der Waals surface area contributed by atoms with Crippen LogP contribution < -0.4 is 0 Å². The van der Waals surface area contributed by atoms with Crippen molar-refractivity contribution in [2.45, 2.75) is 60.4 Å². The van der Waals surface area contributed by atoms with E-state index in [-0.39, 0.29) is 5.04 Å². The van der Waals surface area contributed by atoms with Gasteiger partial charge in [-0.15, -0.1) is 0 Å². The lowest BCUT2D eigenvalue weighted by Gasteiger charge is -2.50. The van der Waals surface area contributed by atoms with Crippen LogP contribution in [0, 0.1) is 17.8 Å². The molecule has 0 heterocycles. The van der Waals surface area contributed by atoms with Gasteiger partial charge in [0.1, 0.15) is 0 Å². The van der Waals surface area contributed by atoms with Crippen molar-refractivity contribution in [3.63, 3.8) is 0 Å².